The van der Waals surface area contributed by atoms with Gasteiger partial charge in [-0.25, -0.2) is 0 Å². The first-order valence-corrected chi connectivity index (χ1v) is 5.67. The van der Waals surface area contributed by atoms with Crippen molar-refractivity contribution < 1.29 is 0 Å². The van der Waals surface area contributed by atoms with Gasteiger partial charge in [-0.3, -0.25) is 4.99 Å². The molecule has 2 aromatic carbocycles. The molecular formula is C15H15N2. The summed E-state index contributed by atoms with van der Waals surface area (Å²) >= 11 is 0. The van der Waals surface area contributed by atoms with Crippen molar-refractivity contribution >= 4 is 6.34 Å². The van der Waals surface area contributed by atoms with E-state index in [4.69, 9.17) is 0 Å². The Hall–Kier alpha value is -2.09. The van der Waals surface area contributed by atoms with Crippen molar-refractivity contribution in [2.45, 2.75) is 13.1 Å². The van der Waals surface area contributed by atoms with E-state index in [9.17, 15) is 0 Å². The van der Waals surface area contributed by atoms with Gasteiger partial charge >= 0.3 is 0 Å². The van der Waals surface area contributed by atoms with Crippen molar-refractivity contribution in [1.82, 2.24) is 5.32 Å². The van der Waals surface area contributed by atoms with E-state index in [-0.39, 0.29) is 0 Å². The van der Waals surface area contributed by atoms with Crippen molar-refractivity contribution in [3.63, 3.8) is 0 Å². The monoisotopic (exact) mass is 223 g/mol. The predicted molar refractivity (Wildman–Crippen MR) is 70.9 cm³/mol. The Bertz CT molecular complexity index is 449. The molecule has 0 atom stereocenters. The van der Waals surface area contributed by atoms with Crippen LogP contribution >= 0.6 is 0 Å². The molecule has 1 radical (unpaired) electrons. The van der Waals surface area contributed by atoms with Crippen molar-refractivity contribution in [3.05, 3.63) is 71.8 Å². The highest BCUT2D eigenvalue weighted by molar-refractivity contribution is 5.54. The normalized spacial score (nSPS) is 10.6. The van der Waals surface area contributed by atoms with Crippen LogP contribution < -0.4 is 5.32 Å². The number of nitrogens with zero attached hydrogens (tertiary/aromatic N) is 1. The highest BCUT2D eigenvalue weighted by Gasteiger charge is 1.88. The fourth-order valence-corrected chi connectivity index (χ4v) is 1.51. The molecule has 0 bridgehead atoms. The fraction of sp³-hybridized carbons (Fsp3) is 0.133. The van der Waals surface area contributed by atoms with Crippen molar-refractivity contribution in [3.8, 4) is 0 Å². The number of aliphatic imine (C=N–C) groups is 1. The number of hydrogen-bond donors (Lipinski definition) is 1. The van der Waals surface area contributed by atoms with Crippen LogP contribution in [0, 0.1) is 0 Å². The lowest BCUT2D eigenvalue weighted by molar-refractivity contribution is 0.917. The molecule has 2 rings (SSSR count). The minimum Gasteiger partial charge on any atom is -0.363 e. The lowest BCUT2D eigenvalue weighted by Gasteiger charge is -1.99. The standard InChI is InChI=1S/C15H15N2/c1-3-7-14(8-4-1)11-16-13-17-12-15-9-5-2-6-10-15/h1-10H,11-12H2,(H,16,17). The maximum absolute atomic E-state index is 4.20. The Morgan fingerprint density at radius 2 is 1.41 bits per heavy atom. The maximum Gasteiger partial charge on any atom is 0.164 e. The van der Waals surface area contributed by atoms with Crippen LogP contribution in [-0.4, -0.2) is 6.34 Å². The van der Waals surface area contributed by atoms with E-state index >= 15 is 0 Å². The molecule has 0 unspecified atom stereocenters. The highest BCUT2D eigenvalue weighted by Crippen LogP contribution is 1.99. The van der Waals surface area contributed by atoms with Crippen LogP contribution in [0.3, 0.4) is 0 Å². The van der Waals surface area contributed by atoms with Gasteiger partial charge in [0.05, 0.1) is 6.54 Å². The minimum atomic E-state index is 0.669. The second-order valence-corrected chi connectivity index (χ2v) is 3.75. The quantitative estimate of drug-likeness (QED) is 0.470. The molecule has 0 aromatic heterocycles. The van der Waals surface area contributed by atoms with E-state index in [1.54, 1.807) is 0 Å². The van der Waals surface area contributed by atoms with Crippen LogP contribution in [0.25, 0.3) is 0 Å². The highest BCUT2D eigenvalue weighted by atomic mass is 14.9. The third-order valence-electron chi connectivity index (χ3n) is 2.40. The zero-order chi connectivity index (χ0) is 11.8. The zero-order valence-electron chi connectivity index (χ0n) is 9.63. The van der Waals surface area contributed by atoms with Crippen molar-refractivity contribution in [1.29, 1.82) is 0 Å². The molecule has 1 N–H and O–H groups in total. The number of rotatable bonds is 5. The molecule has 0 fully saturated rings. The third kappa shape index (κ3) is 4.11. The summed E-state index contributed by atoms with van der Waals surface area (Å²) in [6.07, 6.45) is 2.86. The molecule has 0 heterocycles. The SMILES string of the molecule is [C](=N\Cc1ccccc1)/NCc1ccccc1. The second kappa shape index (κ2) is 6.48. The molecule has 0 saturated carbocycles. The molecule has 0 aliphatic carbocycles. The maximum atomic E-state index is 4.20. The predicted octanol–water partition coefficient (Wildman–Crippen LogP) is 2.88. The Morgan fingerprint density at radius 3 is 2.06 bits per heavy atom. The number of hydrogen-bond acceptors (Lipinski definition) is 1. The molecule has 85 valence electrons. The third-order valence-corrected chi connectivity index (χ3v) is 2.40. The Labute approximate surface area is 102 Å². The Balaban J connectivity index is 1.72. The Kier molecular flexibility index (Phi) is 4.35. The molecule has 2 aromatic rings. The van der Waals surface area contributed by atoms with Gasteiger partial charge in [-0.05, 0) is 11.1 Å². The van der Waals surface area contributed by atoms with E-state index in [0.717, 1.165) is 6.54 Å². The van der Waals surface area contributed by atoms with Gasteiger partial charge in [0, 0.05) is 6.54 Å². The topological polar surface area (TPSA) is 24.4 Å². The van der Waals surface area contributed by atoms with Gasteiger partial charge in [-0.2, -0.15) is 0 Å². The van der Waals surface area contributed by atoms with Crippen LogP contribution in [0.15, 0.2) is 65.7 Å². The molecule has 0 aliphatic heterocycles. The van der Waals surface area contributed by atoms with Crippen LogP contribution in [0.1, 0.15) is 11.1 Å². The van der Waals surface area contributed by atoms with E-state index in [0.29, 0.717) is 6.54 Å². The average molecular weight is 223 g/mol. The largest absolute Gasteiger partial charge is 0.363 e. The minimum absolute atomic E-state index is 0.669. The summed E-state index contributed by atoms with van der Waals surface area (Å²) < 4.78 is 0. The summed E-state index contributed by atoms with van der Waals surface area (Å²) in [6, 6.07) is 20.4. The molecule has 2 heteroatoms. The van der Waals surface area contributed by atoms with Gasteiger partial charge in [-0.15, -0.1) is 0 Å². The first-order chi connectivity index (χ1) is 8.45. The second-order valence-electron chi connectivity index (χ2n) is 3.75. The average Bonchev–Trinajstić information content (AvgIpc) is 2.41. The zero-order valence-corrected chi connectivity index (χ0v) is 9.63. The van der Waals surface area contributed by atoms with Gasteiger partial charge in [0.25, 0.3) is 0 Å². The number of benzene rings is 2. The van der Waals surface area contributed by atoms with Crippen molar-refractivity contribution in [2.75, 3.05) is 0 Å². The van der Waals surface area contributed by atoms with E-state index in [1.807, 2.05) is 36.4 Å². The summed E-state index contributed by atoms with van der Waals surface area (Å²) in [4.78, 5) is 4.20. The smallest absolute Gasteiger partial charge is 0.164 e. The van der Waals surface area contributed by atoms with Crippen LogP contribution in [0.2, 0.25) is 0 Å². The molecule has 0 amide bonds. The molecule has 2 nitrogen and oxygen atoms in total. The van der Waals surface area contributed by atoms with E-state index < -0.39 is 0 Å². The van der Waals surface area contributed by atoms with E-state index in [2.05, 4.69) is 40.9 Å². The molecule has 0 spiro atoms. The lowest BCUT2D eigenvalue weighted by Crippen LogP contribution is -2.10. The van der Waals surface area contributed by atoms with Gasteiger partial charge in [0.15, 0.2) is 6.34 Å². The Morgan fingerprint density at radius 1 is 0.824 bits per heavy atom. The molecule has 0 aliphatic rings. The van der Waals surface area contributed by atoms with Gasteiger partial charge in [-0.1, -0.05) is 60.7 Å². The summed E-state index contributed by atoms with van der Waals surface area (Å²) in [7, 11) is 0. The first-order valence-electron chi connectivity index (χ1n) is 5.67. The molecular weight excluding hydrogens is 208 g/mol. The van der Waals surface area contributed by atoms with E-state index in [1.165, 1.54) is 11.1 Å². The molecule has 0 saturated heterocycles. The van der Waals surface area contributed by atoms with Crippen LogP contribution in [0.5, 0.6) is 0 Å². The van der Waals surface area contributed by atoms with Gasteiger partial charge in [0.1, 0.15) is 0 Å². The van der Waals surface area contributed by atoms with Gasteiger partial charge in [0.2, 0.25) is 0 Å². The van der Waals surface area contributed by atoms with Gasteiger partial charge < -0.3 is 5.32 Å². The summed E-state index contributed by atoms with van der Waals surface area (Å²) in [5.41, 5.74) is 2.43. The lowest BCUT2D eigenvalue weighted by atomic mass is 10.2. The fourth-order valence-electron chi connectivity index (χ4n) is 1.51. The van der Waals surface area contributed by atoms with Crippen LogP contribution in [0.4, 0.5) is 0 Å². The summed E-state index contributed by atoms with van der Waals surface area (Å²) in [6.45, 7) is 1.43. The van der Waals surface area contributed by atoms with Crippen LogP contribution in [-0.2, 0) is 13.1 Å². The molecule has 17 heavy (non-hydrogen) atoms. The summed E-state index contributed by atoms with van der Waals surface area (Å²) in [5, 5.41) is 3.06. The summed E-state index contributed by atoms with van der Waals surface area (Å²) in [5.74, 6) is 0. The van der Waals surface area contributed by atoms with Crippen molar-refractivity contribution in [2.24, 2.45) is 4.99 Å². The number of nitrogens with one attached hydrogen (secondary N) is 1. The first kappa shape index (κ1) is 11.4.